The van der Waals surface area contributed by atoms with Crippen LogP contribution in [0.2, 0.25) is 0 Å². The molecule has 1 aromatic carbocycles. The average molecular weight is 551 g/mol. The fraction of sp³-hybridized carbons (Fsp3) is 0.625. The van der Waals surface area contributed by atoms with Gasteiger partial charge in [-0.15, -0.1) is 0 Å². The number of hydrogen-bond donors (Lipinski definition) is 2. The molecule has 7 atom stereocenters. The SMILES string of the molecule is COC(=O)[C@@H](NC(=O)CO/N=C1/C=C2CC[C@@H]3[C@H](CC[C@@]4(C)[C@H]3CC[C@]4(O)C(C)=O)[C@@]2(C)CC1)c1ccccc1. The van der Waals surface area contributed by atoms with Crippen molar-refractivity contribution >= 4 is 23.4 Å². The summed E-state index contributed by atoms with van der Waals surface area (Å²) in [5.41, 5.74) is 1.41. The van der Waals surface area contributed by atoms with Crippen LogP contribution in [0.1, 0.15) is 83.7 Å². The van der Waals surface area contributed by atoms with E-state index in [0.29, 0.717) is 29.7 Å². The van der Waals surface area contributed by atoms with E-state index in [2.05, 4.69) is 30.4 Å². The number of Topliss-reactive ketones (excluding diaryl/α,β-unsaturated/α-hetero) is 1. The van der Waals surface area contributed by atoms with Crippen molar-refractivity contribution in [2.24, 2.45) is 33.7 Å². The van der Waals surface area contributed by atoms with Crippen molar-refractivity contribution in [3.8, 4) is 0 Å². The highest BCUT2D eigenvalue weighted by Gasteiger charge is 2.65. The van der Waals surface area contributed by atoms with Gasteiger partial charge >= 0.3 is 5.97 Å². The molecule has 0 heterocycles. The number of amides is 1. The first-order valence-electron chi connectivity index (χ1n) is 14.6. The Kier molecular flexibility index (Phi) is 7.68. The molecule has 5 rings (SSSR count). The van der Waals surface area contributed by atoms with Crippen molar-refractivity contribution in [2.75, 3.05) is 13.7 Å². The molecule has 4 aliphatic rings. The van der Waals surface area contributed by atoms with Crippen molar-refractivity contribution in [2.45, 2.75) is 83.8 Å². The third-order valence-electron chi connectivity index (χ3n) is 11.0. The van der Waals surface area contributed by atoms with Crippen LogP contribution >= 0.6 is 0 Å². The van der Waals surface area contributed by atoms with Crippen molar-refractivity contribution in [1.82, 2.24) is 5.32 Å². The van der Waals surface area contributed by atoms with Crippen LogP contribution in [0.3, 0.4) is 0 Å². The normalized spacial score (nSPS) is 36.4. The van der Waals surface area contributed by atoms with Gasteiger partial charge < -0.3 is 20.0 Å². The molecule has 1 amide bonds. The Bertz CT molecular complexity index is 1230. The lowest BCUT2D eigenvalue weighted by Gasteiger charge is -2.59. The number of hydrogen-bond acceptors (Lipinski definition) is 7. The van der Waals surface area contributed by atoms with Crippen LogP contribution in [0.25, 0.3) is 0 Å². The summed E-state index contributed by atoms with van der Waals surface area (Å²) >= 11 is 0. The van der Waals surface area contributed by atoms with E-state index in [1.165, 1.54) is 12.7 Å². The second kappa shape index (κ2) is 10.8. The third-order valence-corrected chi connectivity index (χ3v) is 11.0. The minimum atomic E-state index is -1.19. The minimum Gasteiger partial charge on any atom is -0.467 e. The zero-order valence-corrected chi connectivity index (χ0v) is 24.1. The molecule has 2 N–H and O–H groups in total. The summed E-state index contributed by atoms with van der Waals surface area (Å²) < 4.78 is 4.86. The van der Waals surface area contributed by atoms with Gasteiger partial charge in [0.05, 0.1) is 12.8 Å². The molecule has 8 nitrogen and oxygen atoms in total. The van der Waals surface area contributed by atoms with E-state index in [1.807, 2.05) is 6.07 Å². The summed E-state index contributed by atoms with van der Waals surface area (Å²) in [4.78, 5) is 42.7. The number of oxime groups is 1. The molecule has 8 heteroatoms. The lowest BCUT2D eigenvalue weighted by Crippen LogP contribution is -2.57. The van der Waals surface area contributed by atoms with E-state index in [0.717, 1.165) is 50.7 Å². The van der Waals surface area contributed by atoms with E-state index < -0.39 is 23.5 Å². The van der Waals surface area contributed by atoms with Crippen LogP contribution in [0, 0.1) is 28.6 Å². The molecule has 0 radical (unpaired) electrons. The molecule has 216 valence electrons. The van der Waals surface area contributed by atoms with E-state index >= 15 is 0 Å². The quantitative estimate of drug-likeness (QED) is 0.377. The smallest absolute Gasteiger partial charge is 0.333 e. The molecule has 0 aliphatic heterocycles. The van der Waals surface area contributed by atoms with E-state index in [4.69, 9.17) is 9.57 Å². The Hall–Kier alpha value is -3.00. The zero-order chi connectivity index (χ0) is 28.7. The van der Waals surface area contributed by atoms with Gasteiger partial charge in [-0.3, -0.25) is 9.59 Å². The first-order valence-corrected chi connectivity index (χ1v) is 14.6. The number of carbonyl (C=O) groups is 3. The minimum absolute atomic E-state index is 0.0704. The highest BCUT2D eigenvalue weighted by atomic mass is 16.6. The van der Waals surface area contributed by atoms with Crippen molar-refractivity contribution in [1.29, 1.82) is 0 Å². The van der Waals surface area contributed by atoms with Crippen LogP contribution < -0.4 is 5.32 Å². The number of nitrogens with zero attached hydrogens (tertiary/aromatic N) is 1. The standard InChI is InChI=1S/C32H42N2O6/c1-20(35)32(38)17-14-26-24-11-10-22-18-23(12-15-30(22,2)25(24)13-16-31(26,32)3)34-40-19-27(36)33-28(29(37)39-4)21-8-6-5-7-9-21/h5-9,18,24-26,28,38H,10-17,19H2,1-4H3,(H,33,36)/b34-23+/t24-,25+,26+,28+,30+,31+,32+/m1/s1. The summed E-state index contributed by atoms with van der Waals surface area (Å²) in [6.07, 6.45) is 9.33. The maximum Gasteiger partial charge on any atom is 0.333 e. The van der Waals surface area contributed by atoms with Crippen LogP contribution in [0.15, 0.2) is 47.1 Å². The maximum atomic E-state index is 12.6. The van der Waals surface area contributed by atoms with Gasteiger partial charge in [-0.2, -0.15) is 0 Å². The number of aliphatic hydroxyl groups is 1. The number of ketones is 1. The van der Waals surface area contributed by atoms with Crippen LogP contribution in [0.5, 0.6) is 0 Å². The van der Waals surface area contributed by atoms with Gasteiger partial charge in [-0.25, -0.2) is 4.79 Å². The van der Waals surface area contributed by atoms with E-state index in [9.17, 15) is 19.5 Å². The monoisotopic (exact) mass is 550 g/mol. The number of rotatable bonds is 7. The van der Waals surface area contributed by atoms with Crippen molar-refractivity contribution in [3.63, 3.8) is 0 Å². The molecule has 3 saturated carbocycles. The summed E-state index contributed by atoms with van der Waals surface area (Å²) in [5, 5.41) is 18.3. The number of esters is 1. The predicted molar refractivity (Wildman–Crippen MR) is 150 cm³/mol. The number of allylic oxidation sites excluding steroid dienone is 2. The van der Waals surface area contributed by atoms with Crippen LogP contribution in [-0.2, 0) is 24.0 Å². The van der Waals surface area contributed by atoms with E-state index in [1.54, 1.807) is 31.2 Å². The van der Waals surface area contributed by atoms with Gasteiger partial charge in [0.15, 0.2) is 18.4 Å². The fourth-order valence-electron chi connectivity index (χ4n) is 8.66. The molecule has 0 bridgehead atoms. The molecule has 0 saturated heterocycles. The second-order valence-electron chi connectivity index (χ2n) is 12.7. The Morgan fingerprint density at radius 3 is 2.48 bits per heavy atom. The number of carbonyl (C=O) groups excluding carboxylic acids is 3. The van der Waals surface area contributed by atoms with Crippen LogP contribution in [-0.4, -0.2) is 47.8 Å². The summed E-state index contributed by atoms with van der Waals surface area (Å²) in [7, 11) is 1.29. The van der Waals surface area contributed by atoms with Gasteiger partial charge in [-0.05, 0) is 93.1 Å². The number of nitrogens with one attached hydrogen (secondary N) is 1. The highest BCUT2D eigenvalue weighted by Crippen LogP contribution is 2.67. The van der Waals surface area contributed by atoms with Gasteiger partial charge in [0.2, 0.25) is 0 Å². The van der Waals surface area contributed by atoms with Crippen molar-refractivity contribution < 1.29 is 29.1 Å². The third kappa shape index (κ3) is 4.68. The molecular weight excluding hydrogens is 508 g/mol. The van der Waals surface area contributed by atoms with Crippen molar-refractivity contribution in [3.05, 3.63) is 47.5 Å². The Morgan fingerprint density at radius 1 is 1.05 bits per heavy atom. The first-order chi connectivity index (χ1) is 19.0. The van der Waals surface area contributed by atoms with Gasteiger partial charge in [0.1, 0.15) is 5.60 Å². The molecule has 4 aliphatic carbocycles. The predicted octanol–water partition coefficient (Wildman–Crippen LogP) is 4.67. The summed E-state index contributed by atoms with van der Waals surface area (Å²) in [6.45, 7) is 5.79. The topological polar surface area (TPSA) is 114 Å². The highest BCUT2D eigenvalue weighted by molar-refractivity contribution is 5.96. The van der Waals surface area contributed by atoms with Crippen LogP contribution in [0.4, 0.5) is 0 Å². The Labute approximate surface area is 236 Å². The number of fused-ring (bicyclic) bond motifs is 5. The fourth-order valence-corrected chi connectivity index (χ4v) is 8.66. The van der Waals surface area contributed by atoms with E-state index in [-0.39, 0.29) is 23.2 Å². The molecule has 0 aromatic heterocycles. The largest absolute Gasteiger partial charge is 0.467 e. The zero-order valence-electron chi connectivity index (χ0n) is 24.1. The van der Waals surface area contributed by atoms with Gasteiger partial charge in [-0.1, -0.05) is 54.9 Å². The van der Waals surface area contributed by atoms with Gasteiger partial charge in [0, 0.05) is 5.41 Å². The van der Waals surface area contributed by atoms with Gasteiger partial charge in [0.25, 0.3) is 5.91 Å². The number of methoxy groups -OCH3 is 1. The number of ether oxygens (including phenoxy) is 1. The molecule has 1 aromatic rings. The second-order valence-corrected chi connectivity index (χ2v) is 12.7. The molecule has 0 unspecified atom stereocenters. The Balaban J connectivity index is 1.23. The Morgan fingerprint density at radius 2 is 1.77 bits per heavy atom. The molecule has 40 heavy (non-hydrogen) atoms. The maximum absolute atomic E-state index is 12.6. The molecule has 0 spiro atoms. The summed E-state index contributed by atoms with van der Waals surface area (Å²) in [5.74, 6) is 0.336. The lowest BCUT2D eigenvalue weighted by molar-refractivity contribution is -0.159. The first kappa shape index (κ1) is 28.5. The average Bonchev–Trinajstić information content (AvgIpc) is 3.23. The lowest BCUT2D eigenvalue weighted by atomic mass is 9.46. The molecule has 3 fully saturated rings. The molecular formula is C32H42N2O6. The number of benzene rings is 1. The summed E-state index contributed by atoms with van der Waals surface area (Å²) in [6, 6.07) is 8.03.